The maximum absolute atomic E-state index is 13.2. The van der Waals surface area contributed by atoms with Crippen molar-refractivity contribution in [1.82, 2.24) is 4.90 Å². The number of nitro groups is 1. The van der Waals surface area contributed by atoms with E-state index in [2.05, 4.69) is 4.90 Å². The highest BCUT2D eigenvalue weighted by Crippen LogP contribution is 2.19. The number of halogens is 1. The first-order chi connectivity index (χ1) is 8.04. The van der Waals surface area contributed by atoms with Crippen molar-refractivity contribution in [2.75, 3.05) is 13.1 Å². The van der Waals surface area contributed by atoms with Gasteiger partial charge in [0.1, 0.15) is 5.82 Å². The van der Waals surface area contributed by atoms with Crippen LogP contribution in [-0.2, 0) is 6.54 Å². The maximum Gasteiger partial charge on any atom is 0.272 e. The summed E-state index contributed by atoms with van der Waals surface area (Å²) in [4.78, 5) is 12.1. The quantitative estimate of drug-likeness (QED) is 0.636. The summed E-state index contributed by atoms with van der Waals surface area (Å²) in [5, 5.41) is 10.6. The second-order valence-electron chi connectivity index (χ2n) is 4.36. The van der Waals surface area contributed by atoms with Crippen LogP contribution in [0.15, 0.2) is 18.2 Å². The molecule has 0 saturated carbocycles. The Bertz CT molecular complexity index is 439. The number of nitrogens with zero attached hydrogens (tertiary/aromatic N) is 2. The van der Waals surface area contributed by atoms with Crippen LogP contribution in [0.3, 0.4) is 0 Å². The molecule has 17 heavy (non-hydrogen) atoms. The van der Waals surface area contributed by atoms with Crippen LogP contribution >= 0.6 is 0 Å². The Hall–Kier alpha value is -1.53. The molecule has 6 heteroatoms. The van der Waals surface area contributed by atoms with Gasteiger partial charge in [0, 0.05) is 31.7 Å². The summed E-state index contributed by atoms with van der Waals surface area (Å²) in [7, 11) is 0. The third-order valence-corrected chi connectivity index (χ3v) is 2.87. The van der Waals surface area contributed by atoms with E-state index in [1.54, 1.807) is 0 Å². The zero-order chi connectivity index (χ0) is 12.4. The van der Waals surface area contributed by atoms with E-state index >= 15 is 0 Å². The summed E-state index contributed by atoms with van der Waals surface area (Å²) in [5.74, 6) is -0.572. The Morgan fingerprint density at radius 3 is 2.88 bits per heavy atom. The van der Waals surface area contributed by atoms with Gasteiger partial charge >= 0.3 is 0 Å². The van der Waals surface area contributed by atoms with Crippen LogP contribution in [0.5, 0.6) is 0 Å². The van der Waals surface area contributed by atoms with E-state index in [1.807, 2.05) is 0 Å². The number of hydrogen-bond acceptors (Lipinski definition) is 4. The second kappa shape index (κ2) is 4.77. The van der Waals surface area contributed by atoms with Gasteiger partial charge in [-0.15, -0.1) is 0 Å². The zero-order valence-electron chi connectivity index (χ0n) is 9.30. The van der Waals surface area contributed by atoms with Gasteiger partial charge in [-0.25, -0.2) is 4.39 Å². The molecule has 1 aromatic carbocycles. The standard InChI is InChI=1S/C11H14FN3O2/c12-9-3-8(4-11(5-9)15(16)17)6-14-2-1-10(13)7-14/h3-5,10H,1-2,6-7,13H2. The van der Waals surface area contributed by atoms with Crippen molar-refractivity contribution < 1.29 is 9.31 Å². The van der Waals surface area contributed by atoms with Gasteiger partial charge in [-0.1, -0.05) is 0 Å². The predicted octanol–water partition coefficient (Wildman–Crippen LogP) is 1.27. The van der Waals surface area contributed by atoms with Gasteiger partial charge < -0.3 is 5.73 Å². The van der Waals surface area contributed by atoms with Crippen molar-refractivity contribution in [2.24, 2.45) is 5.73 Å². The first-order valence-corrected chi connectivity index (χ1v) is 5.46. The van der Waals surface area contributed by atoms with Crippen molar-refractivity contribution in [3.63, 3.8) is 0 Å². The van der Waals surface area contributed by atoms with Crippen LogP contribution in [0.1, 0.15) is 12.0 Å². The Balaban J connectivity index is 2.12. The van der Waals surface area contributed by atoms with Crippen LogP contribution in [0, 0.1) is 15.9 Å². The lowest BCUT2D eigenvalue weighted by Crippen LogP contribution is -2.26. The highest BCUT2D eigenvalue weighted by atomic mass is 19.1. The Labute approximate surface area is 98.2 Å². The van der Waals surface area contributed by atoms with Crippen molar-refractivity contribution >= 4 is 5.69 Å². The molecule has 0 radical (unpaired) electrons. The van der Waals surface area contributed by atoms with Crippen molar-refractivity contribution in [1.29, 1.82) is 0 Å². The van der Waals surface area contributed by atoms with Gasteiger partial charge in [0.25, 0.3) is 5.69 Å². The fraction of sp³-hybridized carbons (Fsp3) is 0.455. The first kappa shape index (κ1) is 11.9. The molecule has 5 nitrogen and oxygen atoms in total. The average molecular weight is 239 g/mol. The summed E-state index contributed by atoms with van der Waals surface area (Å²) >= 11 is 0. The van der Waals surface area contributed by atoms with E-state index < -0.39 is 10.7 Å². The van der Waals surface area contributed by atoms with Gasteiger partial charge in [-0.05, 0) is 18.1 Å². The molecule has 1 atom stereocenters. The third-order valence-electron chi connectivity index (χ3n) is 2.87. The SMILES string of the molecule is NC1CCN(Cc2cc(F)cc([N+](=O)[O-])c2)C1. The summed E-state index contributed by atoms with van der Waals surface area (Å²) in [6.07, 6.45) is 0.914. The van der Waals surface area contributed by atoms with Gasteiger partial charge in [0.05, 0.1) is 11.0 Å². The summed E-state index contributed by atoms with van der Waals surface area (Å²) in [5.41, 5.74) is 6.17. The molecule has 1 aliphatic rings. The van der Waals surface area contributed by atoms with Crippen LogP contribution in [0.25, 0.3) is 0 Å². The molecule has 0 spiro atoms. The molecule has 0 aliphatic carbocycles. The zero-order valence-corrected chi connectivity index (χ0v) is 9.30. The highest BCUT2D eigenvalue weighted by molar-refractivity contribution is 5.35. The number of hydrogen-bond donors (Lipinski definition) is 1. The van der Waals surface area contributed by atoms with Crippen molar-refractivity contribution in [2.45, 2.75) is 19.0 Å². The van der Waals surface area contributed by atoms with E-state index in [-0.39, 0.29) is 11.7 Å². The molecule has 1 fully saturated rings. The molecule has 1 unspecified atom stereocenters. The van der Waals surface area contributed by atoms with Crippen molar-refractivity contribution in [3.05, 3.63) is 39.7 Å². The lowest BCUT2D eigenvalue weighted by Gasteiger charge is -2.14. The van der Waals surface area contributed by atoms with E-state index in [4.69, 9.17) is 5.73 Å². The lowest BCUT2D eigenvalue weighted by atomic mass is 10.2. The molecule has 1 aromatic rings. The monoisotopic (exact) mass is 239 g/mol. The van der Waals surface area contributed by atoms with Gasteiger partial charge in [0.15, 0.2) is 0 Å². The predicted molar refractivity (Wildman–Crippen MR) is 60.9 cm³/mol. The smallest absolute Gasteiger partial charge is 0.272 e. The molecule has 1 heterocycles. The minimum absolute atomic E-state index is 0.151. The third kappa shape index (κ3) is 2.98. The number of benzene rings is 1. The molecular weight excluding hydrogens is 225 g/mol. The molecule has 1 saturated heterocycles. The number of non-ortho nitro benzene ring substituents is 1. The van der Waals surface area contributed by atoms with E-state index in [9.17, 15) is 14.5 Å². The Kier molecular flexibility index (Phi) is 3.35. The summed E-state index contributed by atoms with van der Waals surface area (Å²) in [6.45, 7) is 2.11. The van der Waals surface area contributed by atoms with E-state index in [0.29, 0.717) is 12.1 Å². The molecule has 1 aliphatic heterocycles. The molecule has 2 N–H and O–H groups in total. The normalized spacial score (nSPS) is 20.7. The van der Waals surface area contributed by atoms with Crippen LogP contribution in [0.4, 0.5) is 10.1 Å². The number of nitrogens with two attached hydrogens (primary N) is 1. The maximum atomic E-state index is 13.2. The molecule has 92 valence electrons. The summed E-state index contributed by atoms with van der Waals surface area (Å²) < 4.78 is 13.2. The van der Waals surface area contributed by atoms with E-state index in [1.165, 1.54) is 12.1 Å². The number of nitro benzene ring substituents is 1. The number of rotatable bonds is 3. The Morgan fingerprint density at radius 2 is 2.29 bits per heavy atom. The average Bonchev–Trinajstić information content (AvgIpc) is 2.63. The molecule has 0 bridgehead atoms. The highest BCUT2D eigenvalue weighted by Gasteiger charge is 2.20. The van der Waals surface area contributed by atoms with Gasteiger partial charge in [-0.3, -0.25) is 15.0 Å². The van der Waals surface area contributed by atoms with Crippen LogP contribution in [-0.4, -0.2) is 29.0 Å². The fourth-order valence-electron chi connectivity index (χ4n) is 2.09. The molecule has 0 aromatic heterocycles. The van der Waals surface area contributed by atoms with Crippen LogP contribution in [0.2, 0.25) is 0 Å². The Morgan fingerprint density at radius 1 is 1.53 bits per heavy atom. The topological polar surface area (TPSA) is 72.4 Å². The lowest BCUT2D eigenvalue weighted by molar-refractivity contribution is -0.385. The molecule has 0 amide bonds. The summed E-state index contributed by atoms with van der Waals surface area (Å²) in [6, 6.07) is 3.82. The molecule has 2 rings (SSSR count). The van der Waals surface area contributed by atoms with Crippen LogP contribution < -0.4 is 5.73 Å². The molecular formula is C11H14FN3O2. The van der Waals surface area contributed by atoms with E-state index in [0.717, 1.165) is 25.6 Å². The van der Waals surface area contributed by atoms with Gasteiger partial charge in [-0.2, -0.15) is 0 Å². The van der Waals surface area contributed by atoms with Crippen molar-refractivity contribution in [3.8, 4) is 0 Å². The largest absolute Gasteiger partial charge is 0.326 e. The van der Waals surface area contributed by atoms with Gasteiger partial charge in [0.2, 0.25) is 0 Å². The second-order valence-corrected chi connectivity index (χ2v) is 4.36. The number of likely N-dealkylation sites (tertiary alicyclic amines) is 1. The first-order valence-electron chi connectivity index (χ1n) is 5.46. The fourth-order valence-corrected chi connectivity index (χ4v) is 2.09. The minimum atomic E-state index is -0.581. The minimum Gasteiger partial charge on any atom is -0.326 e.